The van der Waals surface area contributed by atoms with Crippen LogP contribution in [0.3, 0.4) is 0 Å². The molecule has 2 nitrogen and oxygen atoms in total. The van der Waals surface area contributed by atoms with Gasteiger partial charge in [-0.25, -0.2) is 8.42 Å². The number of sulfone groups is 1. The van der Waals surface area contributed by atoms with Gasteiger partial charge in [0.2, 0.25) is 0 Å². The van der Waals surface area contributed by atoms with E-state index in [0.717, 1.165) is 11.5 Å². The van der Waals surface area contributed by atoms with E-state index in [1.165, 1.54) is 25.7 Å². The van der Waals surface area contributed by atoms with Crippen molar-refractivity contribution in [3.63, 3.8) is 0 Å². The molecule has 0 bridgehead atoms. The van der Waals surface area contributed by atoms with Crippen molar-refractivity contribution in [3.05, 3.63) is 0 Å². The Kier molecular flexibility index (Phi) is 7.34. The maximum Gasteiger partial charge on any atom is 0.152 e. The highest BCUT2D eigenvalue weighted by Gasteiger charge is 2.37. The standard InChI is InChI=1S/C12H24O2S3/c1-3-5-7-15-11-9-17(13,14)10-12(11)16-8-6-4-2/h11-12H,3-10H2,1-2H3. The molecule has 0 radical (unpaired) electrons. The predicted octanol–water partition coefficient (Wildman–Crippen LogP) is 3.22. The van der Waals surface area contributed by atoms with Crippen LogP contribution in [0.15, 0.2) is 0 Å². The lowest BCUT2D eigenvalue weighted by molar-refractivity contribution is 0.602. The summed E-state index contributed by atoms with van der Waals surface area (Å²) in [5, 5.41) is 0.682. The fraction of sp³-hybridized carbons (Fsp3) is 1.00. The van der Waals surface area contributed by atoms with E-state index in [1.807, 2.05) is 23.5 Å². The summed E-state index contributed by atoms with van der Waals surface area (Å²) >= 11 is 3.75. The van der Waals surface area contributed by atoms with Gasteiger partial charge in [0.05, 0.1) is 11.5 Å². The molecule has 17 heavy (non-hydrogen) atoms. The average Bonchev–Trinajstić information content (AvgIpc) is 2.54. The van der Waals surface area contributed by atoms with Crippen molar-refractivity contribution in [2.45, 2.75) is 50.0 Å². The first-order valence-electron chi connectivity index (χ1n) is 6.52. The zero-order valence-corrected chi connectivity index (χ0v) is 13.3. The van der Waals surface area contributed by atoms with E-state index in [1.54, 1.807) is 0 Å². The molecular formula is C12H24O2S3. The first-order valence-corrected chi connectivity index (χ1v) is 10.4. The third-order valence-electron chi connectivity index (χ3n) is 2.91. The minimum Gasteiger partial charge on any atom is -0.229 e. The minimum absolute atomic E-state index is 0.341. The van der Waals surface area contributed by atoms with E-state index in [4.69, 9.17) is 0 Å². The van der Waals surface area contributed by atoms with Crippen LogP contribution in [-0.4, -0.2) is 41.9 Å². The molecule has 0 spiro atoms. The highest BCUT2D eigenvalue weighted by molar-refractivity contribution is 8.06. The molecule has 1 heterocycles. The Morgan fingerprint density at radius 2 is 1.35 bits per heavy atom. The Labute approximate surface area is 115 Å². The van der Waals surface area contributed by atoms with E-state index in [9.17, 15) is 8.42 Å². The van der Waals surface area contributed by atoms with Gasteiger partial charge < -0.3 is 0 Å². The van der Waals surface area contributed by atoms with E-state index < -0.39 is 9.84 Å². The third kappa shape index (κ3) is 5.88. The number of hydrogen-bond donors (Lipinski definition) is 0. The molecule has 0 aliphatic carbocycles. The molecule has 0 saturated carbocycles. The van der Waals surface area contributed by atoms with Crippen LogP contribution in [-0.2, 0) is 9.84 Å². The lowest BCUT2D eigenvalue weighted by Gasteiger charge is -2.16. The van der Waals surface area contributed by atoms with Crippen molar-refractivity contribution in [1.82, 2.24) is 0 Å². The molecule has 2 atom stereocenters. The van der Waals surface area contributed by atoms with E-state index in [-0.39, 0.29) is 0 Å². The molecule has 1 saturated heterocycles. The average molecular weight is 297 g/mol. The first-order chi connectivity index (χ1) is 8.09. The van der Waals surface area contributed by atoms with Gasteiger partial charge in [0.25, 0.3) is 0 Å². The summed E-state index contributed by atoms with van der Waals surface area (Å²) in [6.45, 7) is 4.36. The smallest absolute Gasteiger partial charge is 0.152 e. The van der Waals surface area contributed by atoms with E-state index in [2.05, 4.69) is 13.8 Å². The van der Waals surface area contributed by atoms with Crippen LogP contribution in [0.5, 0.6) is 0 Å². The Morgan fingerprint density at radius 3 is 1.71 bits per heavy atom. The fourth-order valence-electron chi connectivity index (χ4n) is 1.85. The summed E-state index contributed by atoms with van der Waals surface area (Å²) in [5.41, 5.74) is 0. The van der Waals surface area contributed by atoms with Crippen molar-refractivity contribution in [3.8, 4) is 0 Å². The monoisotopic (exact) mass is 296 g/mol. The van der Waals surface area contributed by atoms with Crippen LogP contribution in [0.2, 0.25) is 0 Å². The number of thioether (sulfide) groups is 2. The zero-order chi connectivity index (χ0) is 12.7. The maximum atomic E-state index is 11.7. The molecule has 0 aromatic heterocycles. The second kappa shape index (κ2) is 7.95. The van der Waals surface area contributed by atoms with Gasteiger partial charge in [0.1, 0.15) is 0 Å². The molecule has 0 N–H and O–H groups in total. The minimum atomic E-state index is -2.76. The van der Waals surface area contributed by atoms with Gasteiger partial charge in [-0.15, -0.1) is 0 Å². The quantitative estimate of drug-likeness (QED) is 0.644. The molecule has 1 fully saturated rings. The third-order valence-corrected chi connectivity index (χ3v) is 8.13. The SMILES string of the molecule is CCCCSC1CS(=O)(=O)CC1SCCCC. The normalized spacial score (nSPS) is 27.4. The Balaban J connectivity index is 2.40. The molecular weight excluding hydrogens is 272 g/mol. The molecule has 1 aliphatic heterocycles. The van der Waals surface area contributed by atoms with Crippen molar-refractivity contribution in [2.24, 2.45) is 0 Å². The van der Waals surface area contributed by atoms with Crippen LogP contribution in [0.1, 0.15) is 39.5 Å². The topological polar surface area (TPSA) is 34.1 Å². The summed E-state index contributed by atoms with van der Waals surface area (Å²) in [6, 6.07) is 0. The van der Waals surface area contributed by atoms with Crippen molar-refractivity contribution in [2.75, 3.05) is 23.0 Å². The van der Waals surface area contributed by atoms with Crippen molar-refractivity contribution < 1.29 is 8.42 Å². The predicted molar refractivity (Wildman–Crippen MR) is 81.0 cm³/mol. The number of hydrogen-bond acceptors (Lipinski definition) is 4. The van der Waals surface area contributed by atoms with Gasteiger partial charge in [0, 0.05) is 10.5 Å². The molecule has 0 aromatic rings. The van der Waals surface area contributed by atoms with Gasteiger partial charge in [0.15, 0.2) is 9.84 Å². The highest BCUT2D eigenvalue weighted by atomic mass is 32.2. The summed E-state index contributed by atoms with van der Waals surface area (Å²) < 4.78 is 23.4. The molecule has 1 rings (SSSR count). The van der Waals surface area contributed by atoms with Gasteiger partial charge >= 0.3 is 0 Å². The van der Waals surface area contributed by atoms with Crippen LogP contribution in [0.25, 0.3) is 0 Å². The van der Waals surface area contributed by atoms with Gasteiger partial charge in [-0.2, -0.15) is 23.5 Å². The van der Waals surface area contributed by atoms with Crippen LogP contribution in [0, 0.1) is 0 Å². The van der Waals surface area contributed by atoms with E-state index in [0.29, 0.717) is 22.0 Å². The number of unbranched alkanes of at least 4 members (excludes halogenated alkanes) is 2. The summed E-state index contributed by atoms with van der Waals surface area (Å²) in [5.74, 6) is 3.04. The van der Waals surface area contributed by atoms with Crippen LogP contribution >= 0.6 is 23.5 Å². The molecule has 0 amide bonds. The van der Waals surface area contributed by atoms with E-state index >= 15 is 0 Å². The molecule has 2 unspecified atom stereocenters. The fourth-order valence-corrected chi connectivity index (χ4v) is 8.32. The largest absolute Gasteiger partial charge is 0.229 e. The lowest BCUT2D eigenvalue weighted by Crippen LogP contribution is -2.18. The summed E-state index contributed by atoms with van der Waals surface area (Å²) in [6.07, 6.45) is 4.79. The lowest BCUT2D eigenvalue weighted by atomic mass is 10.4. The Hall–Kier alpha value is 0.650. The van der Waals surface area contributed by atoms with Gasteiger partial charge in [-0.3, -0.25) is 0 Å². The summed E-state index contributed by atoms with van der Waals surface area (Å²) in [4.78, 5) is 0. The van der Waals surface area contributed by atoms with Crippen molar-refractivity contribution in [1.29, 1.82) is 0 Å². The Morgan fingerprint density at radius 1 is 0.941 bits per heavy atom. The van der Waals surface area contributed by atoms with Gasteiger partial charge in [-0.1, -0.05) is 26.7 Å². The molecule has 5 heteroatoms. The second-order valence-electron chi connectivity index (χ2n) is 4.60. The summed E-state index contributed by atoms with van der Waals surface area (Å²) in [7, 11) is -2.76. The van der Waals surface area contributed by atoms with Crippen LogP contribution < -0.4 is 0 Å². The first kappa shape index (κ1) is 15.7. The highest BCUT2D eigenvalue weighted by Crippen LogP contribution is 2.33. The second-order valence-corrected chi connectivity index (χ2v) is 9.45. The molecule has 102 valence electrons. The van der Waals surface area contributed by atoms with Crippen LogP contribution in [0.4, 0.5) is 0 Å². The molecule has 1 aliphatic rings. The van der Waals surface area contributed by atoms with Gasteiger partial charge in [-0.05, 0) is 24.3 Å². The van der Waals surface area contributed by atoms with Crippen molar-refractivity contribution >= 4 is 33.4 Å². The molecule has 0 aromatic carbocycles. The zero-order valence-electron chi connectivity index (χ0n) is 10.9. The Bertz CT molecular complexity index is 277. The number of rotatable bonds is 8. The maximum absolute atomic E-state index is 11.7.